The maximum Gasteiger partial charge on any atom is 0.256 e. The van der Waals surface area contributed by atoms with Crippen LogP contribution in [0.1, 0.15) is 45.4 Å². The fraction of sp³-hybridized carbons (Fsp3) is 0.318. The number of fused-ring (bicyclic) bond motifs is 3. The van der Waals surface area contributed by atoms with Gasteiger partial charge in [-0.15, -0.1) is 11.3 Å². The Morgan fingerprint density at radius 1 is 1.23 bits per heavy atom. The number of hydrogen-bond donors (Lipinski definition) is 3. The molecule has 0 bridgehead atoms. The number of anilines is 1. The van der Waals surface area contributed by atoms with Crippen LogP contribution >= 0.6 is 34.5 Å². The molecule has 4 heterocycles. The zero-order chi connectivity index (χ0) is 21.5. The van der Waals surface area contributed by atoms with Crippen molar-refractivity contribution < 1.29 is 18.8 Å². The van der Waals surface area contributed by atoms with Crippen molar-refractivity contribution in [1.29, 1.82) is 0 Å². The number of likely N-dealkylation sites (N-methyl/N-ethyl adjacent to an activating group) is 1. The number of quaternary nitrogens is 1. The van der Waals surface area contributed by atoms with Crippen molar-refractivity contribution in [1.82, 2.24) is 5.32 Å². The molecule has 0 radical (unpaired) electrons. The van der Waals surface area contributed by atoms with E-state index >= 15 is 0 Å². The van der Waals surface area contributed by atoms with Gasteiger partial charge in [0.15, 0.2) is 6.17 Å². The molecule has 31 heavy (non-hydrogen) atoms. The van der Waals surface area contributed by atoms with E-state index in [1.165, 1.54) is 10.4 Å². The summed E-state index contributed by atoms with van der Waals surface area (Å²) >= 11 is 13.7. The lowest BCUT2D eigenvalue weighted by molar-refractivity contribution is -0.913. The van der Waals surface area contributed by atoms with E-state index in [0.717, 1.165) is 36.6 Å². The summed E-state index contributed by atoms with van der Waals surface area (Å²) in [7, 11) is 0. The number of thiophene rings is 1. The Bertz CT molecular complexity index is 1140. The Morgan fingerprint density at radius 2 is 2.10 bits per heavy atom. The first kappa shape index (κ1) is 20.7. The number of benzene rings is 1. The first-order chi connectivity index (χ1) is 15.0. The molecule has 162 valence electrons. The maximum atomic E-state index is 12.9. The lowest BCUT2D eigenvalue weighted by atomic mass is 10.0. The van der Waals surface area contributed by atoms with Gasteiger partial charge in [0.25, 0.3) is 5.91 Å². The van der Waals surface area contributed by atoms with E-state index in [1.54, 1.807) is 34.4 Å². The second kappa shape index (κ2) is 8.39. The average Bonchev–Trinajstić information content (AvgIpc) is 3.38. The van der Waals surface area contributed by atoms with Gasteiger partial charge >= 0.3 is 0 Å². The van der Waals surface area contributed by atoms with E-state index in [2.05, 4.69) is 17.6 Å². The molecule has 3 aromatic rings. The molecule has 2 aromatic heterocycles. The van der Waals surface area contributed by atoms with E-state index < -0.39 is 6.17 Å². The van der Waals surface area contributed by atoms with E-state index in [-0.39, 0.29) is 12.5 Å². The van der Waals surface area contributed by atoms with Crippen molar-refractivity contribution in [2.75, 3.05) is 18.4 Å². The van der Waals surface area contributed by atoms with Crippen LogP contribution in [0, 0.1) is 0 Å². The Balaban J connectivity index is 1.29. The highest BCUT2D eigenvalue weighted by molar-refractivity contribution is 7.16. The summed E-state index contributed by atoms with van der Waals surface area (Å²) < 4.78 is 11.7. The van der Waals surface area contributed by atoms with Gasteiger partial charge < -0.3 is 24.7 Å². The largest absolute Gasteiger partial charge is 0.486 e. The molecule has 2 unspecified atom stereocenters. The zero-order valence-corrected chi connectivity index (χ0v) is 19.2. The van der Waals surface area contributed by atoms with E-state index in [1.807, 2.05) is 12.1 Å². The van der Waals surface area contributed by atoms with Crippen LogP contribution in [-0.4, -0.2) is 19.0 Å². The number of furan rings is 1. The summed E-state index contributed by atoms with van der Waals surface area (Å²) in [5.74, 6) is 1.85. The first-order valence-electron chi connectivity index (χ1n) is 10.2. The molecule has 2 aliphatic heterocycles. The topological polar surface area (TPSA) is 67.9 Å². The van der Waals surface area contributed by atoms with Crippen LogP contribution in [0.3, 0.4) is 0 Å². The van der Waals surface area contributed by atoms with Gasteiger partial charge in [-0.05, 0) is 36.8 Å². The summed E-state index contributed by atoms with van der Waals surface area (Å²) in [6.45, 7) is 5.61. The monoisotopic (exact) mass is 478 g/mol. The van der Waals surface area contributed by atoms with Crippen LogP contribution in [0.25, 0.3) is 0 Å². The zero-order valence-electron chi connectivity index (χ0n) is 16.9. The molecule has 0 spiro atoms. The molecule has 2 aliphatic rings. The lowest BCUT2D eigenvalue weighted by Crippen LogP contribution is -3.11. The molecular weight excluding hydrogens is 457 g/mol. The highest BCUT2D eigenvalue weighted by Crippen LogP contribution is 2.39. The number of amides is 1. The second-order valence-electron chi connectivity index (χ2n) is 7.71. The quantitative estimate of drug-likeness (QED) is 0.517. The van der Waals surface area contributed by atoms with E-state index in [4.69, 9.17) is 32.4 Å². The summed E-state index contributed by atoms with van der Waals surface area (Å²) in [4.78, 5) is 15.8. The molecule has 2 atom stereocenters. The predicted molar refractivity (Wildman–Crippen MR) is 121 cm³/mol. The highest BCUT2D eigenvalue weighted by atomic mass is 35.5. The molecule has 6 nitrogen and oxygen atoms in total. The number of ether oxygens (including phenoxy) is 1. The fourth-order valence-corrected chi connectivity index (χ4v) is 5.67. The average molecular weight is 479 g/mol. The molecule has 9 heteroatoms. The summed E-state index contributed by atoms with van der Waals surface area (Å²) in [5, 5.41) is 8.33. The number of carbonyl (C=O) groups excluding carboxylic acids is 1. The molecule has 0 fully saturated rings. The number of carbonyl (C=O) groups is 1. The van der Waals surface area contributed by atoms with Gasteiger partial charge in [-0.1, -0.05) is 23.2 Å². The van der Waals surface area contributed by atoms with Crippen LogP contribution in [0.15, 0.2) is 34.7 Å². The number of nitrogens with one attached hydrogen (secondary N) is 3. The minimum atomic E-state index is -0.409. The van der Waals surface area contributed by atoms with Crippen molar-refractivity contribution in [3.63, 3.8) is 0 Å². The van der Waals surface area contributed by atoms with Gasteiger partial charge in [0, 0.05) is 12.5 Å². The standard InChI is InChI=1S/C22H21Cl2N3O3S/c1-2-27-8-7-14-18(10-27)31-22-19(14)21(28)25-20(26-22)17-6-4-13(30-17)11-29-12-3-5-15(23)16(24)9-12/h3-6,9,20,26H,2,7-8,10-11H2,1H3,(H,25,28)/p+1. The molecule has 0 aliphatic carbocycles. The maximum absolute atomic E-state index is 12.9. The minimum Gasteiger partial charge on any atom is -0.486 e. The predicted octanol–water partition coefficient (Wildman–Crippen LogP) is 4.04. The van der Waals surface area contributed by atoms with Crippen LogP contribution in [0.5, 0.6) is 5.75 Å². The molecule has 1 aromatic carbocycles. The van der Waals surface area contributed by atoms with Gasteiger partial charge in [-0.2, -0.15) is 0 Å². The minimum absolute atomic E-state index is 0.0406. The van der Waals surface area contributed by atoms with Crippen molar-refractivity contribution in [2.24, 2.45) is 0 Å². The number of halogens is 2. The fourth-order valence-electron chi connectivity index (χ4n) is 4.04. The molecule has 5 rings (SSSR count). The van der Waals surface area contributed by atoms with Crippen LogP contribution in [0.2, 0.25) is 10.0 Å². The third kappa shape index (κ3) is 4.03. The molecule has 0 saturated heterocycles. The Kier molecular flexibility index (Phi) is 5.60. The first-order valence-corrected chi connectivity index (χ1v) is 11.8. The van der Waals surface area contributed by atoms with Crippen molar-refractivity contribution in [3.8, 4) is 5.75 Å². The van der Waals surface area contributed by atoms with Crippen molar-refractivity contribution in [3.05, 3.63) is 67.9 Å². The van der Waals surface area contributed by atoms with Gasteiger partial charge in [-0.3, -0.25) is 4.79 Å². The molecule has 1 amide bonds. The van der Waals surface area contributed by atoms with Crippen LogP contribution in [0.4, 0.5) is 5.00 Å². The highest BCUT2D eigenvalue weighted by Gasteiger charge is 2.35. The van der Waals surface area contributed by atoms with Gasteiger partial charge in [0.1, 0.15) is 35.4 Å². The van der Waals surface area contributed by atoms with Crippen molar-refractivity contribution >= 4 is 45.4 Å². The Labute approximate surface area is 194 Å². The van der Waals surface area contributed by atoms with Crippen LogP contribution < -0.4 is 20.3 Å². The summed E-state index contributed by atoms with van der Waals surface area (Å²) in [6.07, 6.45) is 0.537. The summed E-state index contributed by atoms with van der Waals surface area (Å²) in [5.41, 5.74) is 2.01. The third-order valence-corrected chi connectivity index (χ3v) is 7.65. The molecule has 0 saturated carbocycles. The van der Waals surface area contributed by atoms with Crippen LogP contribution in [-0.2, 0) is 19.6 Å². The van der Waals surface area contributed by atoms with E-state index in [0.29, 0.717) is 27.3 Å². The number of hydrogen-bond acceptors (Lipinski definition) is 5. The molecule has 3 N–H and O–H groups in total. The third-order valence-electron chi connectivity index (χ3n) is 5.75. The normalized spacial score (nSPS) is 19.9. The lowest BCUT2D eigenvalue weighted by Gasteiger charge is -2.25. The summed E-state index contributed by atoms with van der Waals surface area (Å²) in [6, 6.07) is 8.80. The Morgan fingerprint density at radius 3 is 2.90 bits per heavy atom. The van der Waals surface area contributed by atoms with Gasteiger partial charge in [-0.25, -0.2) is 0 Å². The van der Waals surface area contributed by atoms with Gasteiger partial charge in [0.05, 0.1) is 33.6 Å². The van der Waals surface area contributed by atoms with E-state index in [9.17, 15) is 4.79 Å². The van der Waals surface area contributed by atoms with Crippen molar-refractivity contribution in [2.45, 2.75) is 32.7 Å². The second-order valence-corrected chi connectivity index (χ2v) is 9.63. The van der Waals surface area contributed by atoms with Gasteiger partial charge in [0.2, 0.25) is 0 Å². The SMILES string of the molecule is CC[NH+]1CCc2c(sc3c2C(=O)NC(c2ccc(COc4ccc(Cl)c(Cl)c4)o2)N3)C1. The number of rotatable bonds is 5. The smallest absolute Gasteiger partial charge is 0.256 e. The Hall–Kier alpha value is -2.19. The molecular formula is C22H22Cl2N3O3S+.